The Bertz CT molecular complexity index is 1050. The fourth-order valence-electron chi connectivity index (χ4n) is 2.92. The summed E-state index contributed by atoms with van der Waals surface area (Å²) in [4.78, 5) is 4.50. The second-order valence-corrected chi connectivity index (χ2v) is 11.0. The third-order valence-corrected chi connectivity index (χ3v) is 7.71. The highest BCUT2D eigenvalue weighted by Crippen LogP contribution is 2.53. The van der Waals surface area contributed by atoms with Crippen molar-refractivity contribution in [2.24, 2.45) is 14.5 Å². The third kappa shape index (κ3) is 3.81. The molecule has 3 nitrogen and oxygen atoms in total. The van der Waals surface area contributed by atoms with Crippen molar-refractivity contribution in [3.63, 3.8) is 0 Å². The van der Waals surface area contributed by atoms with E-state index in [4.69, 9.17) is 44.3 Å². The van der Waals surface area contributed by atoms with Gasteiger partial charge < -0.3 is 0 Å². The summed E-state index contributed by atoms with van der Waals surface area (Å²) in [7, 11) is -2.64. The molecule has 1 aliphatic rings. The number of nitrogens with zero attached hydrogens (tertiary/aromatic N) is 3. The van der Waals surface area contributed by atoms with E-state index in [1.54, 1.807) is 0 Å². The SMILES string of the molecule is ClC(Cl)(Cl)C1=NP(c2ccccc2)(c2ccccc2)=NC(c2ccccc2)=N1. The molecule has 0 radical (unpaired) electrons. The van der Waals surface area contributed by atoms with E-state index < -0.39 is 11.0 Å². The van der Waals surface area contributed by atoms with Gasteiger partial charge in [0.15, 0.2) is 11.7 Å². The molecule has 0 bridgehead atoms. The molecule has 0 saturated carbocycles. The standard InChI is InChI=1S/C21H15Cl3N3P/c22-21(23,24)20-25-19(16-10-4-1-5-11-16)26-28(27-20,17-12-6-2-7-13-17)18-14-8-3-9-15-18/h1-15H. The van der Waals surface area contributed by atoms with Crippen LogP contribution in [0.15, 0.2) is 105 Å². The van der Waals surface area contributed by atoms with Gasteiger partial charge in [0.1, 0.15) is 7.21 Å². The van der Waals surface area contributed by atoms with E-state index in [0.717, 1.165) is 16.2 Å². The Balaban J connectivity index is 2.08. The highest BCUT2D eigenvalue weighted by molar-refractivity contribution is 7.80. The summed E-state index contributed by atoms with van der Waals surface area (Å²) in [5, 5.41) is 1.94. The highest BCUT2D eigenvalue weighted by Gasteiger charge is 2.36. The minimum Gasteiger partial charge on any atom is -0.216 e. The lowest BCUT2D eigenvalue weighted by molar-refractivity contribution is 1.38. The maximum Gasteiger partial charge on any atom is 0.250 e. The first kappa shape index (κ1) is 19.4. The molecule has 0 fully saturated rings. The van der Waals surface area contributed by atoms with E-state index in [9.17, 15) is 0 Å². The van der Waals surface area contributed by atoms with Crippen LogP contribution < -0.4 is 10.6 Å². The summed E-state index contributed by atoms with van der Waals surface area (Å²) in [6.07, 6.45) is 0. The van der Waals surface area contributed by atoms with E-state index in [2.05, 4.69) is 4.99 Å². The zero-order chi connectivity index (χ0) is 19.6. The molecule has 0 spiro atoms. The number of alkyl halides is 3. The van der Waals surface area contributed by atoms with Crippen LogP contribution in [0.2, 0.25) is 0 Å². The van der Waals surface area contributed by atoms with Crippen molar-refractivity contribution in [1.29, 1.82) is 0 Å². The van der Waals surface area contributed by atoms with Gasteiger partial charge in [-0.25, -0.2) is 14.5 Å². The van der Waals surface area contributed by atoms with E-state index >= 15 is 0 Å². The Kier molecular flexibility index (Phi) is 5.44. The van der Waals surface area contributed by atoms with Crippen molar-refractivity contribution in [3.8, 4) is 0 Å². The van der Waals surface area contributed by atoms with Gasteiger partial charge in [0, 0.05) is 16.2 Å². The average Bonchev–Trinajstić information content (AvgIpc) is 2.74. The summed E-state index contributed by atoms with van der Waals surface area (Å²) in [5.74, 6) is 0.658. The molecule has 0 N–H and O–H groups in total. The summed E-state index contributed by atoms with van der Waals surface area (Å²) in [6, 6.07) is 29.5. The quantitative estimate of drug-likeness (QED) is 0.350. The zero-order valence-electron chi connectivity index (χ0n) is 14.6. The van der Waals surface area contributed by atoms with Gasteiger partial charge in [0.2, 0.25) is 3.79 Å². The fraction of sp³-hybridized carbons (Fsp3) is 0.0476. The molecule has 140 valence electrons. The first-order valence-electron chi connectivity index (χ1n) is 8.54. The van der Waals surface area contributed by atoms with E-state index in [0.29, 0.717) is 5.84 Å². The maximum absolute atomic E-state index is 6.24. The van der Waals surface area contributed by atoms with Gasteiger partial charge in [-0.05, 0) is 0 Å². The van der Waals surface area contributed by atoms with Gasteiger partial charge in [-0.3, -0.25) is 0 Å². The van der Waals surface area contributed by atoms with Crippen molar-refractivity contribution in [2.45, 2.75) is 3.79 Å². The smallest absolute Gasteiger partial charge is 0.216 e. The molecule has 4 rings (SSSR count). The fourth-order valence-corrected chi connectivity index (χ4v) is 6.24. The predicted octanol–water partition coefficient (Wildman–Crippen LogP) is 5.98. The van der Waals surface area contributed by atoms with Gasteiger partial charge in [0.05, 0.1) is 0 Å². The van der Waals surface area contributed by atoms with Crippen LogP contribution >= 0.6 is 42.0 Å². The molecule has 7 heteroatoms. The Hall–Kier alpha value is -1.90. The van der Waals surface area contributed by atoms with Gasteiger partial charge in [-0.15, -0.1) is 0 Å². The zero-order valence-corrected chi connectivity index (χ0v) is 17.7. The lowest BCUT2D eigenvalue weighted by atomic mass is 10.2. The van der Waals surface area contributed by atoms with Gasteiger partial charge in [-0.2, -0.15) is 0 Å². The van der Waals surface area contributed by atoms with Gasteiger partial charge in [0.25, 0.3) is 0 Å². The number of hydrogen-bond acceptors (Lipinski definition) is 3. The van der Waals surface area contributed by atoms with Crippen LogP contribution in [0.3, 0.4) is 0 Å². The summed E-state index contributed by atoms with van der Waals surface area (Å²) < 4.78 is 8.20. The molecule has 0 aromatic heterocycles. The van der Waals surface area contributed by atoms with Gasteiger partial charge in [-0.1, -0.05) is 126 Å². The molecule has 1 heterocycles. The van der Waals surface area contributed by atoms with Crippen LogP contribution in [0, 0.1) is 0 Å². The van der Waals surface area contributed by atoms with Crippen LogP contribution in [0.5, 0.6) is 0 Å². The van der Waals surface area contributed by atoms with Crippen molar-refractivity contribution in [2.75, 3.05) is 0 Å². The molecule has 0 aliphatic carbocycles. The van der Waals surface area contributed by atoms with Gasteiger partial charge >= 0.3 is 0 Å². The van der Waals surface area contributed by atoms with Crippen molar-refractivity contribution in [1.82, 2.24) is 0 Å². The Labute approximate surface area is 178 Å². The Morgan fingerprint density at radius 1 is 0.643 bits per heavy atom. The molecule has 0 amide bonds. The molecule has 0 atom stereocenters. The largest absolute Gasteiger partial charge is 0.250 e. The molecule has 28 heavy (non-hydrogen) atoms. The maximum atomic E-state index is 6.24. The lowest BCUT2D eigenvalue weighted by Gasteiger charge is -2.27. The molecule has 0 saturated heterocycles. The molecule has 3 aromatic rings. The molecular formula is C21H15Cl3N3P. The number of hydrogen-bond donors (Lipinski definition) is 0. The minimum absolute atomic E-state index is 0.146. The average molecular weight is 447 g/mol. The molecule has 1 aliphatic heterocycles. The lowest BCUT2D eigenvalue weighted by Crippen LogP contribution is -2.26. The first-order valence-corrected chi connectivity index (χ1v) is 11.4. The van der Waals surface area contributed by atoms with Crippen LogP contribution in [-0.2, 0) is 0 Å². The summed E-state index contributed by atoms with van der Waals surface area (Å²) in [6.45, 7) is 0. The van der Waals surface area contributed by atoms with Crippen molar-refractivity contribution >= 4 is 64.3 Å². The number of rotatable bonds is 3. The first-order chi connectivity index (χ1) is 13.5. The molecular weight excluding hydrogens is 432 g/mol. The van der Waals surface area contributed by atoms with Crippen LogP contribution in [0.25, 0.3) is 0 Å². The summed E-state index contributed by atoms with van der Waals surface area (Å²) >= 11 is 18.7. The number of amidine groups is 2. The number of benzene rings is 3. The van der Waals surface area contributed by atoms with E-state index in [1.807, 2.05) is 91.0 Å². The predicted molar refractivity (Wildman–Crippen MR) is 122 cm³/mol. The topological polar surface area (TPSA) is 37.1 Å². The van der Waals surface area contributed by atoms with Crippen molar-refractivity contribution < 1.29 is 0 Å². The minimum atomic E-state index is -2.64. The third-order valence-electron chi connectivity index (χ3n) is 4.21. The van der Waals surface area contributed by atoms with Crippen LogP contribution in [0.1, 0.15) is 5.56 Å². The highest BCUT2D eigenvalue weighted by atomic mass is 35.6. The second-order valence-electron chi connectivity index (χ2n) is 6.10. The normalized spacial score (nSPS) is 16.0. The van der Waals surface area contributed by atoms with Crippen LogP contribution in [-0.4, -0.2) is 15.5 Å². The Morgan fingerprint density at radius 3 is 1.57 bits per heavy atom. The van der Waals surface area contributed by atoms with E-state index in [-0.39, 0.29) is 5.84 Å². The molecule has 3 aromatic carbocycles. The van der Waals surface area contributed by atoms with Crippen LogP contribution in [0.4, 0.5) is 0 Å². The monoisotopic (exact) mass is 445 g/mol. The molecule has 0 unspecified atom stereocenters. The van der Waals surface area contributed by atoms with Crippen molar-refractivity contribution in [3.05, 3.63) is 96.6 Å². The Morgan fingerprint density at radius 2 is 1.11 bits per heavy atom. The number of aliphatic imine (C=N–C) groups is 1. The second kappa shape index (κ2) is 7.85. The number of halogens is 3. The van der Waals surface area contributed by atoms with E-state index in [1.165, 1.54) is 0 Å². The summed E-state index contributed by atoms with van der Waals surface area (Å²) in [5.41, 5.74) is 0.848.